The zero-order chi connectivity index (χ0) is 19.7. The van der Waals surface area contributed by atoms with Crippen LogP contribution in [-0.2, 0) is 14.2 Å². The minimum Gasteiger partial charge on any atom is -0.462 e. The molecular formula is C24H38O4. The van der Waals surface area contributed by atoms with Gasteiger partial charge in [0, 0.05) is 13.2 Å². The van der Waals surface area contributed by atoms with Gasteiger partial charge in [0.1, 0.15) is 0 Å². The Labute approximate surface area is 170 Å². The highest BCUT2D eigenvalue weighted by molar-refractivity contribution is 5.89. The van der Waals surface area contributed by atoms with E-state index in [1.807, 2.05) is 18.2 Å². The van der Waals surface area contributed by atoms with Crippen molar-refractivity contribution in [2.24, 2.45) is 0 Å². The predicted molar refractivity (Wildman–Crippen MR) is 112 cm³/mol. The van der Waals surface area contributed by atoms with E-state index in [1.54, 1.807) is 12.1 Å². The van der Waals surface area contributed by atoms with Crippen LogP contribution in [0.5, 0.6) is 0 Å². The molecule has 1 aromatic carbocycles. The molecule has 1 fully saturated rings. The van der Waals surface area contributed by atoms with Gasteiger partial charge in [-0.15, -0.1) is 0 Å². The Morgan fingerprint density at radius 1 is 0.821 bits per heavy atom. The summed E-state index contributed by atoms with van der Waals surface area (Å²) in [6, 6.07) is 9.20. The van der Waals surface area contributed by atoms with E-state index >= 15 is 0 Å². The van der Waals surface area contributed by atoms with Crippen LogP contribution in [0.15, 0.2) is 30.3 Å². The lowest BCUT2D eigenvalue weighted by molar-refractivity contribution is -0.162. The standard InChI is InChI=1S/C24H38O4/c25-24(22-16-10-9-11-17-22)28-21-14-8-6-4-2-1-3-5-7-13-19-26-23-18-12-15-20-27-23/h9-11,16-17,23H,1-8,12-15,18-21H2. The van der Waals surface area contributed by atoms with Gasteiger partial charge in [-0.1, -0.05) is 69.6 Å². The van der Waals surface area contributed by atoms with Crippen LogP contribution in [0.4, 0.5) is 0 Å². The van der Waals surface area contributed by atoms with Gasteiger partial charge in [0.15, 0.2) is 6.29 Å². The minimum atomic E-state index is -0.211. The van der Waals surface area contributed by atoms with Crippen molar-refractivity contribution in [3.8, 4) is 0 Å². The Morgan fingerprint density at radius 3 is 2.04 bits per heavy atom. The summed E-state index contributed by atoms with van der Waals surface area (Å²) < 4.78 is 16.6. The highest BCUT2D eigenvalue weighted by Crippen LogP contribution is 2.15. The van der Waals surface area contributed by atoms with Crippen molar-refractivity contribution in [3.63, 3.8) is 0 Å². The number of hydrogen-bond donors (Lipinski definition) is 0. The van der Waals surface area contributed by atoms with Crippen LogP contribution in [0.2, 0.25) is 0 Å². The monoisotopic (exact) mass is 390 g/mol. The summed E-state index contributed by atoms with van der Waals surface area (Å²) in [5.41, 5.74) is 0.636. The fourth-order valence-corrected chi connectivity index (χ4v) is 3.50. The third-order valence-electron chi connectivity index (χ3n) is 5.22. The second-order valence-corrected chi connectivity index (χ2v) is 7.70. The molecule has 0 bridgehead atoms. The van der Waals surface area contributed by atoms with Gasteiger partial charge in [-0.2, -0.15) is 0 Å². The second-order valence-electron chi connectivity index (χ2n) is 7.70. The number of unbranched alkanes of at least 4 members (excludes halogenated alkanes) is 9. The average molecular weight is 391 g/mol. The zero-order valence-corrected chi connectivity index (χ0v) is 17.4. The molecule has 1 atom stereocenters. The molecule has 28 heavy (non-hydrogen) atoms. The number of esters is 1. The normalized spacial score (nSPS) is 16.8. The third-order valence-corrected chi connectivity index (χ3v) is 5.22. The molecule has 2 rings (SSSR count). The van der Waals surface area contributed by atoms with Gasteiger partial charge in [0.25, 0.3) is 0 Å². The zero-order valence-electron chi connectivity index (χ0n) is 17.4. The number of hydrogen-bond acceptors (Lipinski definition) is 4. The molecule has 1 aromatic rings. The van der Waals surface area contributed by atoms with Crippen LogP contribution >= 0.6 is 0 Å². The van der Waals surface area contributed by atoms with Gasteiger partial charge in [-0.25, -0.2) is 4.79 Å². The van der Waals surface area contributed by atoms with Gasteiger partial charge < -0.3 is 14.2 Å². The number of rotatable bonds is 15. The smallest absolute Gasteiger partial charge is 0.338 e. The largest absolute Gasteiger partial charge is 0.462 e. The molecule has 0 spiro atoms. The van der Waals surface area contributed by atoms with Crippen LogP contribution in [0.3, 0.4) is 0 Å². The first kappa shape index (κ1) is 22.9. The summed E-state index contributed by atoms with van der Waals surface area (Å²) in [6.45, 7) is 2.24. The lowest BCUT2D eigenvalue weighted by Crippen LogP contribution is -2.22. The van der Waals surface area contributed by atoms with Crippen molar-refractivity contribution in [2.75, 3.05) is 19.8 Å². The number of benzene rings is 1. The maximum absolute atomic E-state index is 11.8. The summed E-state index contributed by atoms with van der Waals surface area (Å²) in [4.78, 5) is 11.8. The highest BCUT2D eigenvalue weighted by atomic mass is 16.7. The minimum absolute atomic E-state index is 0.0654. The van der Waals surface area contributed by atoms with E-state index in [9.17, 15) is 4.79 Å². The Bertz CT molecular complexity index is 497. The van der Waals surface area contributed by atoms with Gasteiger partial charge in [0.05, 0.1) is 12.2 Å². The Kier molecular flexibility index (Phi) is 12.7. The van der Waals surface area contributed by atoms with Crippen LogP contribution < -0.4 is 0 Å². The molecule has 1 saturated heterocycles. The summed E-state index contributed by atoms with van der Waals surface area (Å²) in [7, 11) is 0. The van der Waals surface area contributed by atoms with Crippen molar-refractivity contribution < 1.29 is 19.0 Å². The van der Waals surface area contributed by atoms with Gasteiger partial charge in [-0.05, 0) is 44.2 Å². The molecule has 0 saturated carbocycles. The van der Waals surface area contributed by atoms with Crippen molar-refractivity contribution in [1.82, 2.24) is 0 Å². The second kappa shape index (κ2) is 15.5. The quantitative estimate of drug-likeness (QED) is 0.261. The summed E-state index contributed by atoms with van der Waals surface area (Å²) in [6.07, 6.45) is 15.9. The summed E-state index contributed by atoms with van der Waals surface area (Å²) in [5.74, 6) is -0.211. The molecule has 4 nitrogen and oxygen atoms in total. The first-order valence-corrected chi connectivity index (χ1v) is 11.3. The van der Waals surface area contributed by atoms with Crippen LogP contribution in [0.25, 0.3) is 0 Å². The first-order chi connectivity index (χ1) is 13.9. The van der Waals surface area contributed by atoms with Crippen molar-refractivity contribution >= 4 is 5.97 Å². The lowest BCUT2D eigenvalue weighted by Gasteiger charge is -2.22. The topological polar surface area (TPSA) is 44.8 Å². The van der Waals surface area contributed by atoms with Crippen LogP contribution in [0, 0.1) is 0 Å². The van der Waals surface area contributed by atoms with E-state index in [4.69, 9.17) is 14.2 Å². The van der Waals surface area contributed by atoms with E-state index in [0.29, 0.717) is 12.2 Å². The lowest BCUT2D eigenvalue weighted by atomic mass is 10.1. The highest BCUT2D eigenvalue weighted by Gasteiger charge is 2.13. The first-order valence-electron chi connectivity index (χ1n) is 11.3. The Morgan fingerprint density at radius 2 is 1.43 bits per heavy atom. The molecule has 0 aromatic heterocycles. The molecule has 1 heterocycles. The molecule has 1 aliphatic heterocycles. The van der Waals surface area contributed by atoms with Gasteiger partial charge in [-0.3, -0.25) is 0 Å². The predicted octanol–water partition coefficient (Wildman–Crippen LogP) is 6.29. The molecule has 4 heteroatoms. The molecule has 1 unspecified atom stereocenters. The third kappa shape index (κ3) is 10.8. The number of ether oxygens (including phenoxy) is 3. The van der Waals surface area contributed by atoms with Crippen LogP contribution in [-0.4, -0.2) is 32.1 Å². The fourth-order valence-electron chi connectivity index (χ4n) is 3.50. The molecule has 0 aliphatic carbocycles. The maximum atomic E-state index is 11.8. The average Bonchev–Trinajstić information content (AvgIpc) is 2.75. The SMILES string of the molecule is O=C(OCCCCCCCCCCCCOC1CCCCO1)c1ccccc1. The molecule has 1 aliphatic rings. The molecule has 0 N–H and O–H groups in total. The summed E-state index contributed by atoms with van der Waals surface area (Å²) >= 11 is 0. The number of carbonyl (C=O) groups excluding carboxylic acids is 1. The van der Waals surface area contributed by atoms with Crippen molar-refractivity contribution in [3.05, 3.63) is 35.9 Å². The van der Waals surface area contributed by atoms with Crippen molar-refractivity contribution in [2.45, 2.75) is 89.8 Å². The maximum Gasteiger partial charge on any atom is 0.338 e. The molecular weight excluding hydrogens is 352 g/mol. The van der Waals surface area contributed by atoms with E-state index in [0.717, 1.165) is 38.9 Å². The molecule has 158 valence electrons. The Balaban J connectivity index is 1.28. The Hall–Kier alpha value is -1.39. The van der Waals surface area contributed by atoms with E-state index in [2.05, 4.69) is 0 Å². The van der Waals surface area contributed by atoms with E-state index in [-0.39, 0.29) is 12.3 Å². The van der Waals surface area contributed by atoms with E-state index in [1.165, 1.54) is 57.8 Å². The molecule has 0 amide bonds. The summed E-state index contributed by atoms with van der Waals surface area (Å²) in [5, 5.41) is 0. The molecule has 0 radical (unpaired) electrons. The number of carbonyl (C=O) groups is 1. The van der Waals surface area contributed by atoms with E-state index < -0.39 is 0 Å². The van der Waals surface area contributed by atoms with Crippen LogP contribution in [0.1, 0.15) is 93.8 Å². The fraction of sp³-hybridized carbons (Fsp3) is 0.708. The van der Waals surface area contributed by atoms with Gasteiger partial charge >= 0.3 is 5.97 Å². The van der Waals surface area contributed by atoms with Gasteiger partial charge in [0.2, 0.25) is 0 Å². The van der Waals surface area contributed by atoms with Crippen molar-refractivity contribution in [1.29, 1.82) is 0 Å².